The lowest BCUT2D eigenvalue weighted by Gasteiger charge is -2.43. The third-order valence-electron chi connectivity index (χ3n) is 2.91. The summed E-state index contributed by atoms with van der Waals surface area (Å²) in [5.74, 6) is 4.51. The zero-order valence-electron chi connectivity index (χ0n) is 8.90. The molecule has 6 heteroatoms. The number of likely N-dealkylation sites (tertiary alicyclic amines) is 1. The van der Waals surface area contributed by atoms with Gasteiger partial charge in [0, 0.05) is 19.0 Å². The van der Waals surface area contributed by atoms with Crippen LogP contribution in [0.2, 0.25) is 0 Å². The second-order valence-corrected chi connectivity index (χ2v) is 3.90. The van der Waals surface area contributed by atoms with E-state index in [1.165, 1.54) is 0 Å². The topological polar surface area (TPSA) is 101 Å². The molecule has 0 spiro atoms. The van der Waals surface area contributed by atoms with Gasteiger partial charge >= 0.3 is 0 Å². The molecule has 0 saturated carbocycles. The van der Waals surface area contributed by atoms with Crippen molar-refractivity contribution in [2.75, 3.05) is 6.54 Å². The number of nitrogens with two attached hydrogens (primary N) is 2. The number of hydrogen-bond acceptors (Lipinski definition) is 4. The molecule has 0 aromatic carbocycles. The van der Waals surface area contributed by atoms with E-state index in [4.69, 9.17) is 11.6 Å². The zero-order chi connectivity index (χ0) is 11.4. The summed E-state index contributed by atoms with van der Waals surface area (Å²) in [6.07, 6.45) is 1.88. The van der Waals surface area contributed by atoms with Crippen LogP contribution in [0.15, 0.2) is 0 Å². The Morgan fingerprint density at radius 2 is 2.27 bits per heavy atom. The fourth-order valence-corrected chi connectivity index (χ4v) is 1.82. The Hall–Kier alpha value is -1.14. The van der Waals surface area contributed by atoms with Crippen molar-refractivity contribution in [3.63, 3.8) is 0 Å². The van der Waals surface area contributed by atoms with Crippen molar-refractivity contribution < 1.29 is 9.59 Å². The molecule has 15 heavy (non-hydrogen) atoms. The number of primary amides is 1. The summed E-state index contributed by atoms with van der Waals surface area (Å²) in [5.41, 5.74) is 7.31. The first-order valence-corrected chi connectivity index (χ1v) is 5.10. The van der Waals surface area contributed by atoms with Crippen molar-refractivity contribution in [2.45, 2.75) is 38.3 Å². The highest BCUT2D eigenvalue weighted by Crippen LogP contribution is 2.22. The van der Waals surface area contributed by atoms with Gasteiger partial charge < -0.3 is 5.73 Å². The maximum atomic E-state index is 11.0. The molecule has 0 radical (unpaired) electrons. The number of amides is 2. The smallest absolute Gasteiger partial charge is 0.234 e. The van der Waals surface area contributed by atoms with E-state index in [-0.39, 0.29) is 23.9 Å². The van der Waals surface area contributed by atoms with E-state index in [1.54, 1.807) is 0 Å². The lowest BCUT2D eigenvalue weighted by atomic mass is 9.97. The van der Waals surface area contributed by atoms with Gasteiger partial charge in [0.05, 0.1) is 6.04 Å². The summed E-state index contributed by atoms with van der Waals surface area (Å²) in [4.78, 5) is 23.9. The monoisotopic (exact) mass is 214 g/mol. The molecule has 1 aliphatic heterocycles. The Morgan fingerprint density at radius 1 is 1.60 bits per heavy atom. The van der Waals surface area contributed by atoms with Crippen molar-refractivity contribution in [1.29, 1.82) is 0 Å². The number of hydrogen-bond donors (Lipinski definition) is 3. The molecule has 2 amide bonds. The van der Waals surface area contributed by atoms with Gasteiger partial charge in [-0.05, 0) is 19.8 Å². The normalized spacial score (nSPS) is 22.9. The predicted molar refractivity (Wildman–Crippen MR) is 55.3 cm³/mol. The Balaban J connectivity index is 2.31. The highest BCUT2D eigenvalue weighted by molar-refractivity contribution is 5.80. The molecule has 1 aliphatic rings. The standard InChI is InChI=1S/C9H18N4O2/c1-6(2-3-8(14)12-11)13-5-4-7(13)9(10)15/h6-7H,2-5,11H2,1H3,(H2,10,15)(H,12,14). The first-order chi connectivity index (χ1) is 7.06. The Kier molecular flexibility index (Phi) is 4.05. The molecule has 0 aliphatic carbocycles. The highest BCUT2D eigenvalue weighted by Gasteiger charge is 2.35. The van der Waals surface area contributed by atoms with Gasteiger partial charge in [0.1, 0.15) is 0 Å². The van der Waals surface area contributed by atoms with Crippen LogP contribution in [-0.4, -0.2) is 35.3 Å². The Morgan fingerprint density at radius 3 is 2.67 bits per heavy atom. The van der Waals surface area contributed by atoms with Crippen LogP contribution < -0.4 is 17.0 Å². The van der Waals surface area contributed by atoms with Crippen LogP contribution in [0.4, 0.5) is 0 Å². The van der Waals surface area contributed by atoms with Gasteiger partial charge in [-0.1, -0.05) is 0 Å². The van der Waals surface area contributed by atoms with Gasteiger partial charge in [-0.3, -0.25) is 19.9 Å². The lowest BCUT2D eigenvalue weighted by Crippen LogP contribution is -2.58. The first-order valence-electron chi connectivity index (χ1n) is 5.10. The molecule has 2 unspecified atom stereocenters. The maximum absolute atomic E-state index is 11.0. The van der Waals surface area contributed by atoms with E-state index in [0.29, 0.717) is 12.8 Å². The molecule has 5 N–H and O–H groups in total. The second-order valence-electron chi connectivity index (χ2n) is 3.90. The summed E-state index contributed by atoms with van der Waals surface area (Å²) in [6, 6.07) is 0.0366. The van der Waals surface area contributed by atoms with Gasteiger partial charge in [-0.25, -0.2) is 5.84 Å². The second kappa shape index (κ2) is 5.09. The third kappa shape index (κ3) is 2.90. The minimum Gasteiger partial charge on any atom is -0.368 e. The molecule has 1 saturated heterocycles. The average Bonchev–Trinajstić information content (AvgIpc) is 2.11. The van der Waals surface area contributed by atoms with Gasteiger partial charge in [-0.15, -0.1) is 0 Å². The maximum Gasteiger partial charge on any atom is 0.234 e. The SMILES string of the molecule is CC(CCC(=O)NN)N1CCC1C(N)=O. The Bertz CT molecular complexity index is 256. The molecule has 2 atom stereocenters. The molecule has 0 aromatic heterocycles. The molecule has 1 heterocycles. The van der Waals surface area contributed by atoms with Gasteiger partial charge in [0.15, 0.2) is 0 Å². The number of nitrogens with zero attached hydrogens (tertiary/aromatic N) is 1. The van der Waals surface area contributed by atoms with Crippen LogP contribution in [0.25, 0.3) is 0 Å². The van der Waals surface area contributed by atoms with Crippen molar-refractivity contribution in [3.8, 4) is 0 Å². The summed E-state index contributed by atoms with van der Waals surface area (Å²) >= 11 is 0. The molecular weight excluding hydrogens is 196 g/mol. The number of nitrogens with one attached hydrogen (secondary N) is 1. The number of rotatable bonds is 5. The van der Waals surface area contributed by atoms with E-state index in [9.17, 15) is 9.59 Å². The summed E-state index contributed by atoms with van der Waals surface area (Å²) < 4.78 is 0. The first kappa shape index (κ1) is 11.9. The van der Waals surface area contributed by atoms with Gasteiger partial charge in [-0.2, -0.15) is 0 Å². The average molecular weight is 214 g/mol. The van der Waals surface area contributed by atoms with Crippen molar-refractivity contribution in [2.24, 2.45) is 11.6 Å². The summed E-state index contributed by atoms with van der Waals surface area (Å²) in [6.45, 7) is 2.86. The molecule has 0 aromatic rings. The molecular formula is C9H18N4O2. The fraction of sp³-hybridized carbons (Fsp3) is 0.778. The van der Waals surface area contributed by atoms with Crippen molar-refractivity contribution in [1.82, 2.24) is 10.3 Å². The van der Waals surface area contributed by atoms with E-state index >= 15 is 0 Å². The molecule has 6 nitrogen and oxygen atoms in total. The van der Waals surface area contributed by atoms with Crippen LogP contribution >= 0.6 is 0 Å². The Labute approximate surface area is 88.9 Å². The van der Waals surface area contributed by atoms with Crippen LogP contribution in [0.1, 0.15) is 26.2 Å². The van der Waals surface area contributed by atoms with E-state index < -0.39 is 0 Å². The third-order valence-corrected chi connectivity index (χ3v) is 2.91. The van der Waals surface area contributed by atoms with Crippen LogP contribution in [0.5, 0.6) is 0 Å². The number of hydrazine groups is 1. The zero-order valence-corrected chi connectivity index (χ0v) is 8.90. The predicted octanol–water partition coefficient (Wildman–Crippen LogP) is -1.30. The van der Waals surface area contributed by atoms with Crippen LogP contribution in [0, 0.1) is 0 Å². The van der Waals surface area contributed by atoms with Crippen LogP contribution in [-0.2, 0) is 9.59 Å². The minimum absolute atomic E-state index is 0.152. The number of carbonyl (C=O) groups is 2. The summed E-state index contributed by atoms with van der Waals surface area (Å²) in [5, 5.41) is 0. The van der Waals surface area contributed by atoms with Crippen LogP contribution in [0.3, 0.4) is 0 Å². The van der Waals surface area contributed by atoms with Gasteiger partial charge in [0.25, 0.3) is 0 Å². The van der Waals surface area contributed by atoms with E-state index in [2.05, 4.69) is 5.43 Å². The quantitative estimate of drug-likeness (QED) is 0.301. The molecule has 86 valence electrons. The molecule has 1 rings (SSSR count). The van der Waals surface area contributed by atoms with Crippen molar-refractivity contribution >= 4 is 11.8 Å². The molecule has 1 fully saturated rings. The highest BCUT2D eigenvalue weighted by atomic mass is 16.2. The van der Waals surface area contributed by atoms with E-state index in [1.807, 2.05) is 11.8 Å². The lowest BCUT2D eigenvalue weighted by molar-refractivity contribution is -0.129. The fourth-order valence-electron chi connectivity index (χ4n) is 1.82. The van der Waals surface area contributed by atoms with Gasteiger partial charge in [0.2, 0.25) is 11.8 Å². The van der Waals surface area contributed by atoms with Crippen molar-refractivity contribution in [3.05, 3.63) is 0 Å². The summed E-state index contributed by atoms with van der Waals surface area (Å²) in [7, 11) is 0. The minimum atomic E-state index is -0.281. The van der Waals surface area contributed by atoms with E-state index in [0.717, 1.165) is 13.0 Å². The number of carbonyl (C=O) groups excluding carboxylic acids is 2. The largest absolute Gasteiger partial charge is 0.368 e. The molecule has 0 bridgehead atoms.